The number of anilines is 1. The van der Waals surface area contributed by atoms with Crippen LogP contribution in [0.4, 0.5) is 10.5 Å². The van der Waals surface area contributed by atoms with E-state index < -0.39 is 15.7 Å². The monoisotopic (exact) mass is 429 g/mol. The zero-order chi connectivity index (χ0) is 21.2. The quantitative estimate of drug-likeness (QED) is 0.809. The molecule has 2 saturated heterocycles. The van der Waals surface area contributed by atoms with Gasteiger partial charge in [0.05, 0.1) is 11.5 Å². The minimum atomic E-state index is -3.65. The number of hydrogen-bond acceptors (Lipinski definition) is 4. The van der Waals surface area contributed by atoms with Gasteiger partial charge >= 0.3 is 6.03 Å². The van der Waals surface area contributed by atoms with Crippen molar-refractivity contribution >= 4 is 21.7 Å². The summed E-state index contributed by atoms with van der Waals surface area (Å²) in [6, 6.07) is 16.0. The number of nitrogens with zero attached hydrogens (tertiary/aromatic N) is 2. The summed E-state index contributed by atoms with van der Waals surface area (Å²) in [6.45, 7) is 3.60. The number of nitrogens with one attached hydrogen (secondary N) is 1. The van der Waals surface area contributed by atoms with E-state index in [9.17, 15) is 13.2 Å². The summed E-state index contributed by atoms with van der Waals surface area (Å²) in [5.41, 5.74) is 1.02. The average Bonchev–Trinajstić information content (AvgIpc) is 3.19. The molecule has 0 atom stereocenters. The Morgan fingerprint density at radius 3 is 2.40 bits per heavy atom. The number of rotatable bonds is 4. The number of ether oxygens (including phenoxy) is 1. The fourth-order valence-electron chi connectivity index (χ4n) is 4.25. The van der Waals surface area contributed by atoms with E-state index in [1.54, 1.807) is 35.2 Å². The number of para-hydroxylation sites is 1. The molecule has 0 aliphatic carbocycles. The Morgan fingerprint density at radius 1 is 1.03 bits per heavy atom. The predicted octanol–water partition coefficient (Wildman–Crippen LogP) is 3.29. The van der Waals surface area contributed by atoms with E-state index in [0.717, 1.165) is 17.7 Å². The number of benzene rings is 2. The van der Waals surface area contributed by atoms with Crippen LogP contribution in [0.15, 0.2) is 59.5 Å². The van der Waals surface area contributed by atoms with Gasteiger partial charge in [-0.15, -0.1) is 0 Å². The Balaban J connectivity index is 1.46. The van der Waals surface area contributed by atoms with Crippen molar-refractivity contribution in [2.24, 2.45) is 0 Å². The zero-order valence-electron chi connectivity index (χ0n) is 17.1. The molecule has 7 nitrogen and oxygen atoms in total. The largest absolute Gasteiger partial charge is 0.358 e. The highest BCUT2D eigenvalue weighted by Crippen LogP contribution is 2.38. The molecular formula is C22H27N3O4S. The lowest BCUT2D eigenvalue weighted by atomic mass is 10.0. The molecule has 0 radical (unpaired) electrons. The standard InChI is InChI=1S/C22H27N3O4S/c1-2-18-8-6-7-11-20(18)23-21(26)24-14-12-22(13-15-24)25(16-17-29-22)30(27,28)19-9-4-3-5-10-19/h3-11H,2,12-17H2,1H3,(H,23,26). The zero-order valence-corrected chi connectivity index (χ0v) is 17.9. The summed E-state index contributed by atoms with van der Waals surface area (Å²) in [4.78, 5) is 14.8. The van der Waals surface area contributed by atoms with E-state index in [2.05, 4.69) is 12.2 Å². The molecule has 0 unspecified atom stereocenters. The van der Waals surface area contributed by atoms with Gasteiger partial charge in [0, 0.05) is 38.2 Å². The van der Waals surface area contributed by atoms with E-state index >= 15 is 0 Å². The normalized spacial score (nSPS) is 19.2. The highest BCUT2D eigenvalue weighted by molar-refractivity contribution is 7.89. The van der Waals surface area contributed by atoms with Gasteiger partial charge in [0.25, 0.3) is 0 Å². The summed E-state index contributed by atoms with van der Waals surface area (Å²) in [5.74, 6) is 0. The second-order valence-electron chi connectivity index (χ2n) is 7.61. The Hall–Kier alpha value is -2.42. The van der Waals surface area contributed by atoms with Crippen LogP contribution < -0.4 is 5.32 Å². The van der Waals surface area contributed by atoms with E-state index in [1.165, 1.54) is 4.31 Å². The molecule has 2 fully saturated rings. The SMILES string of the molecule is CCc1ccccc1NC(=O)N1CCC2(CC1)OCCN2S(=O)(=O)c1ccccc1. The third kappa shape index (κ3) is 3.82. The van der Waals surface area contributed by atoms with Crippen molar-refractivity contribution in [2.75, 3.05) is 31.6 Å². The highest BCUT2D eigenvalue weighted by Gasteiger charge is 2.50. The molecule has 30 heavy (non-hydrogen) atoms. The number of carbonyl (C=O) groups is 1. The molecule has 2 aromatic carbocycles. The molecule has 160 valence electrons. The highest BCUT2D eigenvalue weighted by atomic mass is 32.2. The number of piperidine rings is 1. The Labute approximate surface area is 177 Å². The van der Waals surface area contributed by atoms with Crippen LogP contribution in [0.25, 0.3) is 0 Å². The van der Waals surface area contributed by atoms with Gasteiger partial charge in [0.15, 0.2) is 0 Å². The number of amides is 2. The maximum Gasteiger partial charge on any atom is 0.321 e. The van der Waals surface area contributed by atoms with Crippen molar-refractivity contribution in [1.29, 1.82) is 0 Å². The minimum Gasteiger partial charge on any atom is -0.358 e. The first-order valence-corrected chi connectivity index (χ1v) is 11.8. The van der Waals surface area contributed by atoms with Gasteiger partial charge in [-0.2, -0.15) is 4.31 Å². The van der Waals surface area contributed by atoms with E-state index in [4.69, 9.17) is 4.74 Å². The second-order valence-corrected chi connectivity index (χ2v) is 9.48. The summed E-state index contributed by atoms with van der Waals surface area (Å²) in [5, 5.41) is 2.99. The number of hydrogen-bond donors (Lipinski definition) is 1. The van der Waals surface area contributed by atoms with Crippen molar-refractivity contribution in [3.63, 3.8) is 0 Å². The third-order valence-corrected chi connectivity index (χ3v) is 7.89. The van der Waals surface area contributed by atoms with Crippen LogP contribution in [0, 0.1) is 0 Å². The summed E-state index contributed by atoms with van der Waals surface area (Å²) < 4.78 is 33.8. The lowest BCUT2D eigenvalue weighted by molar-refractivity contribution is -0.0840. The van der Waals surface area contributed by atoms with Crippen LogP contribution in [0.1, 0.15) is 25.3 Å². The van der Waals surface area contributed by atoms with Gasteiger partial charge < -0.3 is 15.0 Å². The fourth-order valence-corrected chi connectivity index (χ4v) is 5.99. The maximum atomic E-state index is 13.2. The van der Waals surface area contributed by atoms with Crippen molar-refractivity contribution in [1.82, 2.24) is 9.21 Å². The molecule has 0 saturated carbocycles. The number of likely N-dealkylation sites (tertiary alicyclic amines) is 1. The van der Waals surface area contributed by atoms with Crippen LogP contribution in [-0.4, -0.2) is 55.6 Å². The molecule has 0 bridgehead atoms. The van der Waals surface area contributed by atoms with Crippen molar-refractivity contribution in [3.8, 4) is 0 Å². The van der Waals surface area contributed by atoms with Gasteiger partial charge in [-0.3, -0.25) is 0 Å². The van der Waals surface area contributed by atoms with E-state index in [-0.39, 0.29) is 10.9 Å². The number of carbonyl (C=O) groups excluding carboxylic acids is 1. The van der Waals surface area contributed by atoms with Gasteiger partial charge in [0.1, 0.15) is 5.72 Å². The van der Waals surface area contributed by atoms with Crippen LogP contribution >= 0.6 is 0 Å². The fraction of sp³-hybridized carbons (Fsp3) is 0.409. The first kappa shape index (κ1) is 20.8. The lowest BCUT2D eigenvalue weighted by Gasteiger charge is -2.42. The van der Waals surface area contributed by atoms with Crippen molar-refractivity contribution in [3.05, 3.63) is 60.2 Å². The molecule has 2 amide bonds. The van der Waals surface area contributed by atoms with Gasteiger partial charge in [0.2, 0.25) is 10.0 Å². The maximum absolute atomic E-state index is 13.2. The molecule has 2 aliphatic heterocycles. The summed E-state index contributed by atoms with van der Waals surface area (Å²) >= 11 is 0. The average molecular weight is 430 g/mol. The predicted molar refractivity (Wildman–Crippen MR) is 115 cm³/mol. The van der Waals surface area contributed by atoms with Crippen molar-refractivity contribution < 1.29 is 17.9 Å². The molecule has 0 aromatic heterocycles. The Kier molecular flexibility index (Phi) is 5.81. The smallest absolute Gasteiger partial charge is 0.321 e. The molecule has 1 N–H and O–H groups in total. The molecular weight excluding hydrogens is 402 g/mol. The van der Waals surface area contributed by atoms with Gasteiger partial charge in [-0.05, 0) is 30.2 Å². The van der Waals surface area contributed by atoms with Gasteiger partial charge in [-0.25, -0.2) is 13.2 Å². The molecule has 1 spiro atoms. The first-order chi connectivity index (χ1) is 14.5. The Bertz CT molecular complexity index is 1000. The number of aryl methyl sites for hydroxylation is 1. The molecule has 2 aliphatic rings. The van der Waals surface area contributed by atoms with E-state index in [1.807, 2.05) is 24.3 Å². The number of sulfonamides is 1. The summed E-state index contributed by atoms with van der Waals surface area (Å²) in [7, 11) is -3.65. The molecule has 4 rings (SSSR count). The van der Waals surface area contributed by atoms with Crippen LogP contribution in [0.3, 0.4) is 0 Å². The molecule has 8 heteroatoms. The van der Waals surface area contributed by atoms with E-state index in [0.29, 0.717) is 39.1 Å². The third-order valence-electron chi connectivity index (χ3n) is 5.92. The van der Waals surface area contributed by atoms with Crippen LogP contribution in [0.2, 0.25) is 0 Å². The van der Waals surface area contributed by atoms with Crippen LogP contribution in [-0.2, 0) is 21.2 Å². The molecule has 2 aromatic rings. The molecule has 2 heterocycles. The summed E-state index contributed by atoms with van der Waals surface area (Å²) in [6.07, 6.45) is 1.73. The second kappa shape index (κ2) is 8.37. The number of urea groups is 1. The first-order valence-electron chi connectivity index (χ1n) is 10.3. The van der Waals surface area contributed by atoms with Crippen molar-refractivity contribution in [2.45, 2.75) is 36.8 Å². The van der Waals surface area contributed by atoms with Crippen LogP contribution in [0.5, 0.6) is 0 Å². The minimum absolute atomic E-state index is 0.166. The topological polar surface area (TPSA) is 79.0 Å². The lowest BCUT2D eigenvalue weighted by Crippen LogP contribution is -2.56. The van der Waals surface area contributed by atoms with Gasteiger partial charge in [-0.1, -0.05) is 43.3 Å². The Morgan fingerprint density at radius 2 is 1.70 bits per heavy atom.